The Morgan fingerprint density at radius 3 is 2.68 bits per heavy atom. The Morgan fingerprint density at radius 2 is 2.09 bits per heavy atom. The van der Waals surface area contributed by atoms with E-state index in [2.05, 4.69) is 10.6 Å². The molecule has 0 bridgehead atoms. The molecule has 3 N–H and O–H groups in total. The highest BCUT2D eigenvalue weighted by atomic mass is 35.5. The highest BCUT2D eigenvalue weighted by Gasteiger charge is 2.19. The Morgan fingerprint density at radius 1 is 1.41 bits per heavy atom. The SMILES string of the molecule is CC(C)Oc1c(Cl)cccc1NC(=O)NCC(C)(C)CCO. The van der Waals surface area contributed by atoms with Gasteiger partial charge in [0.15, 0.2) is 5.75 Å². The van der Waals surface area contributed by atoms with Crippen LogP contribution in [0.15, 0.2) is 18.2 Å². The molecule has 6 heteroatoms. The van der Waals surface area contributed by atoms with Crippen LogP contribution in [0.1, 0.15) is 34.1 Å². The van der Waals surface area contributed by atoms with Crippen molar-refractivity contribution in [1.29, 1.82) is 0 Å². The molecule has 1 rings (SSSR count). The predicted octanol–water partition coefficient (Wildman–Crippen LogP) is 3.66. The molecule has 0 aromatic heterocycles. The number of carbonyl (C=O) groups excluding carboxylic acids is 1. The van der Waals surface area contributed by atoms with Gasteiger partial charge in [0.1, 0.15) is 0 Å². The first-order valence-corrected chi connectivity index (χ1v) is 7.74. The van der Waals surface area contributed by atoms with E-state index in [9.17, 15) is 4.79 Å². The number of carbonyl (C=O) groups is 1. The molecule has 22 heavy (non-hydrogen) atoms. The number of amides is 2. The standard InChI is InChI=1S/C16H25ClN2O3/c1-11(2)22-14-12(17)6-5-7-13(14)19-15(21)18-10-16(3,4)8-9-20/h5-7,11,20H,8-10H2,1-4H3,(H2,18,19,21). The molecular weight excluding hydrogens is 304 g/mol. The van der Waals surface area contributed by atoms with Gasteiger partial charge in [-0.25, -0.2) is 4.79 Å². The molecule has 2 amide bonds. The lowest BCUT2D eigenvalue weighted by molar-refractivity contribution is 0.204. The van der Waals surface area contributed by atoms with Gasteiger partial charge in [0.2, 0.25) is 0 Å². The van der Waals surface area contributed by atoms with E-state index in [-0.39, 0.29) is 24.2 Å². The van der Waals surface area contributed by atoms with Crippen molar-refractivity contribution in [2.75, 3.05) is 18.5 Å². The van der Waals surface area contributed by atoms with Crippen molar-refractivity contribution in [1.82, 2.24) is 5.32 Å². The molecular formula is C16H25ClN2O3. The highest BCUT2D eigenvalue weighted by molar-refractivity contribution is 6.32. The first-order chi connectivity index (χ1) is 10.2. The average Bonchev–Trinajstić information content (AvgIpc) is 2.40. The van der Waals surface area contributed by atoms with Crippen molar-refractivity contribution in [3.8, 4) is 5.75 Å². The molecule has 0 heterocycles. The number of aliphatic hydroxyl groups excluding tert-OH is 1. The first kappa shape index (κ1) is 18.6. The quantitative estimate of drug-likeness (QED) is 0.715. The monoisotopic (exact) mass is 328 g/mol. The molecule has 124 valence electrons. The maximum atomic E-state index is 12.0. The summed E-state index contributed by atoms with van der Waals surface area (Å²) in [6, 6.07) is 4.87. The topological polar surface area (TPSA) is 70.6 Å². The van der Waals surface area contributed by atoms with Crippen LogP contribution < -0.4 is 15.4 Å². The van der Waals surface area contributed by atoms with E-state index in [0.29, 0.717) is 29.4 Å². The van der Waals surface area contributed by atoms with Gasteiger partial charge in [-0.15, -0.1) is 0 Å². The smallest absolute Gasteiger partial charge is 0.319 e. The van der Waals surface area contributed by atoms with Crippen molar-refractivity contribution in [3.63, 3.8) is 0 Å². The number of urea groups is 1. The van der Waals surface area contributed by atoms with E-state index in [1.54, 1.807) is 18.2 Å². The van der Waals surface area contributed by atoms with Crippen LogP contribution in [0.4, 0.5) is 10.5 Å². The van der Waals surface area contributed by atoms with Crippen molar-refractivity contribution in [2.24, 2.45) is 5.41 Å². The molecule has 1 aromatic carbocycles. The molecule has 0 fully saturated rings. The fraction of sp³-hybridized carbons (Fsp3) is 0.562. The summed E-state index contributed by atoms with van der Waals surface area (Å²) < 4.78 is 5.65. The lowest BCUT2D eigenvalue weighted by Gasteiger charge is -2.24. The molecule has 0 aliphatic heterocycles. The minimum absolute atomic E-state index is 0.0491. The van der Waals surface area contributed by atoms with Crippen LogP contribution in [0.25, 0.3) is 0 Å². The summed E-state index contributed by atoms with van der Waals surface area (Å²) in [5, 5.41) is 15.0. The molecule has 1 aromatic rings. The zero-order valence-corrected chi connectivity index (χ0v) is 14.3. The molecule has 0 aliphatic carbocycles. The van der Waals surface area contributed by atoms with Gasteiger partial charge < -0.3 is 20.5 Å². The summed E-state index contributed by atoms with van der Waals surface area (Å²) in [5.74, 6) is 0.462. The Kier molecular flexibility index (Phi) is 6.97. The Labute approximate surface area is 137 Å². The van der Waals surface area contributed by atoms with Gasteiger partial charge in [-0.2, -0.15) is 0 Å². The van der Waals surface area contributed by atoms with Crippen molar-refractivity contribution >= 4 is 23.3 Å². The molecule has 0 aliphatic rings. The number of anilines is 1. The van der Waals surface area contributed by atoms with Crippen LogP contribution in [0.2, 0.25) is 5.02 Å². The second kappa shape index (κ2) is 8.25. The number of hydrogen-bond acceptors (Lipinski definition) is 3. The summed E-state index contributed by atoms with van der Waals surface area (Å²) in [4.78, 5) is 12.0. The molecule has 0 atom stereocenters. The Hall–Kier alpha value is -1.46. The minimum Gasteiger partial charge on any atom is -0.487 e. The zero-order chi connectivity index (χ0) is 16.8. The molecule has 5 nitrogen and oxygen atoms in total. The third-order valence-electron chi connectivity index (χ3n) is 3.08. The zero-order valence-electron chi connectivity index (χ0n) is 13.6. The number of aliphatic hydroxyl groups is 1. The number of benzene rings is 1. The van der Waals surface area contributed by atoms with E-state index >= 15 is 0 Å². The molecule has 0 saturated carbocycles. The maximum absolute atomic E-state index is 12.0. The number of para-hydroxylation sites is 1. The number of rotatable bonds is 7. The van der Waals surface area contributed by atoms with Crippen molar-refractivity contribution in [3.05, 3.63) is 23.2 Å². The summed E-state index contributed by atoms with van der Waals surface area (Å²) in [5.41, 5.74) is 0.358. The van der Waals surface area contributed by atoms with Gasteiger partial charge in [0.05, 0.1) is 16.8 Å². The van der Waals surface area contributed by atoms with Crippen LogP contribution in [-0.2, 0) is 0 Å². The van der Waals surface area contributed by atoms with Crippen LogP contribution >= 0.6 is 11.6 Å². The van der Waals surface area contributed by atoms with Gasteiger partial charge >= 0.3 is 6.03 Å². The molecule has 0 radical (unpaired) electrons. The Bertz CT molecular complexity index is 504. The van der Waals surface area contributed by atoms with Crippen LogP contribution in [0.3, 0.4) is 0 Å². The molecule has 0 saturated heterocycles. The van der Waals surface area contributed by atoms with Crippen LogP contribution in [0, 0.1) is 5.41 Å². The number of halogens is 1. The highest BCUT2D eigenvalue weighted by Crippen LogP contribution is 2.33. The largest absolute Gasteiger partial charge is 0.487 e. The summed E-state index contributed by atoms with van der Waals surface area (Å²) in [6.07, 6.45) is 0.568. The molecule has 0 unspecified atom stereocenters. The third kappa shape index (κ3) is 6.12. The summed E-state index contributed by atoms with van der Waals surface area (Å²) in [6.45, 7) is 8.30. The van der Waals surface area contributed by atoms with Gasteiger partial charge in [0.25, 0.3) is 0 Å². The lowest BCUT2D eigenvalue weighted by Crippen LogP contribution is -2.37. The summed E-state index contributed by atoms with van der Waals surface area (Å²) >= 11 is 6.12. The number of nitrogens with one attached hydrogen (secondary N) is 2. The third-order valence-corrected chi connectivity index (χ3v) is 3.38. The van der Waals surface area contributed by atoms with Gasteiger partial charge in [-0.05, 0) is 37.8 Å². The normalized spacial score (nSPS) is 11.4. The maximum Gasteiger partial charge on any atom is 0.319 e. The molecule has 0 spiro atoms. The Balaban J connectivity index is 2.70. The van der Waals surface area contributed by atoms with Gasteiger partial charge in [-0.1, -0.05) is 31.5 Å². The van der Waals surface area contributed by atoms with Crippen LogP contribution in [-0.4, -0.2) is 30.4 Å². The van der Waals surface area contributed by atoms with Gasteiger partial charge in [0, 0.05) is 13.2 Å². The number of hydrogen-bond donors (Lipinski definition) is 3. The van der Waals surface area contributed by atoms with Crippen LogP contribution in [0.5, 0.6) is 5.75 Å². The fourth-order valence-electron chi connectivity index (χ4n) is 1.84. The average molecular weight is 329 g/mol. The van der Waals surface area contributed by atoms with E-state index in [4.69, 9.17) is 21.4 Å². The van der Waals surface area contributed by atoms with E-state index in [0.717, 1.165) is 0 Å². The second-order valence-electron chi connectivity index (χ2n) is 6.23. The van der Waals surface area contributed by atoms with E-state index in [1.165, 1.54) is 0 Å². The number of ether oxygens (including phenoxy) is 1. The summed E-state index contributed by atoms with van der Waals surface area (Å²) in [7, 11) is 0. The van der Waals surface area contributed by atoms with E-state index in [1.807, 2.05) is 27.7 Å². The minimum atomic E-state index is -0.332. The van der Waals surface area contributed by atoms with Crippen molar-refractivity contribution in [2.45, 2.75) is 40.2 Å². The van der Waals surface area contributed by atoms with Gasteiger partial charge in [-0.3, -0.25) is 0 Å². The lowest BCUT2D eigenvalue weighted by atomic mass is 9.90. The van der Waals surface area contributed by atoms with E-state index < -0.39 is 0 Å². The first-order valence-electron chi connectivity index (χ1n) is 7.36. The fourth-order valence-corrected chi connectivity index (χ4v) is 2.06. The van der Waals surface area contributed by atoms with Crippen molar-refractivity contribution < 1.29 is 14.6 Å². The second-order valence-corrected chi connectivity index (χ2v) is 6.64. The predicted molar refractivity (Wildman–Crippen MR) is 89.7 cm³/mol.